The van der Waals surface area contributed by atoms with Crippen LogP contribution in [0.2, 0.25) is 0 Å². The average Bonchev–Trinajstić information content (AvgIpc) is 3.05. The second-order valence-corrected chi connectivity index (χ2v) is 7.10. The van der Waals surface area contributed by atoms with Crippen molar-refractivity contribution < 1.29 is 12.8 Å². The molecule has 0 aliphatic carbocycles. The number of aromatic nitrogens is 2. The van der Waals surface area contributed by atoms with Gasteiger partial charge >= 0.3 is 0 Å². The number of rotatable bonds is 4. The van der Waals surface area contributed by atoms with E-state index in [4.69, 9.17) is 5.26 Å². The molecule has 126 valence electrons. The van der Waals surface area contributed by atoms with E-state index in [2.05, 4.69) is 9.71 Å². The van der Waals surface area contributed by atoms with Gasteiger partial charge in [-0.1, -0.05) is 12.1 Å². The lowest BCUT2D eigenvalue weighted by atomic mass is 10.1. The Labute approximate surface area is 144 Å². The van der Waals surface area contributed by atoms with Crippen LogP contribution in [0, 0.1) is 17.1 Å². The van der Waals surface area contributed by atoms with Crippen molar-refractivity contribution >= 4 is 15.7 Å². The highest BCUT2D eigenvalue weighted by atomic mass is 32.2. The van der Waals surface area contributed by atoms with Gasteiger partial charge in [0, 0.05) is 18.0 Å². The topological polar surface area (TPSA) is 87.8 Å². The predicted octanol–water partition coefficient (Wildman–Crippen LogP) is 2.92. The van der Waals surface area contributed by atoms with Gasteiger partial charge < -0.3 is 0 Å². The maximum Gasteiger partial charge on any atom is 0.229 e. The van der Waals surface area contributed by atoms with Gasteiger partial charge in [0.1, 0.15) is 11.6 Å². The summed E-state index contributed by atoms with van der Waals surface area (Å²) in [7, 11) is -3.48. The number of benzene rings is 2. The zero-order chi connectivity index (χ0) is 18.0. The molecule has 0 radical (unpaired) electrons. The molecule has 0 saturated carbocycles. The van der Waals surface area contributed by atoms with Crippen LogP contribution < -0.4 is 4.72 Å². The van der Waals surface area contributed by atoms with Gasteiger partial charge in [-0.05, 0) is 30.3 Å². The highest BCUT2D eigenvalue weighted by molar-refractivity contribution is 7.92. The summed E-state index contributed by atoms with van der Waals surface area (Å²) >= 11 is 0. The monoisotopic (exact) mass is 356 g/mol. The first-order chi connectivity index (χ1) is 11.9. The summed E-state index contributed by atoms with van der Waals surface area (Å²) in [4.78, 5) is 4.23. The molecular formula is C17H13FN4O2S. The molecule has 0 aliphatic rings. The minimum Gasteiger partial charge on any atom is -0.297 e. The first-order valence-corrected chi connectivity index (χ1v) is 9.08. The molecule has 0 atom stereocenters. The van der Waals surface area contributed by atoms with E-state index in [0.29, 0.717) is 17.0 Å². The van der Waals surface area contributed by atoms with Crippen LogP contribution >= 0.6 is 0 Å². The fourth-order valence-corrected chi connectivity index (χ4v) is 2.97. The first-order valence-electron chi connectivity index (χ1n) is 7.19. The highest BCUT2D eigenvalue weighted by Gasteiger charge is 2.13. The van der Waals surface area contributed by atoms with Crippen LogP contribution in [-0.4, -0.2) is 24.2 Å². The third-order valence-corrected chi connectivity index (χ3v) is 4.01. The number of sulfonamides is 1. The number of nitriles is 1. The van der Waals surface area contributed by atoms with Crippen molar-refractivity contribution in [3.63, 3.8) is 0 Å². The van der Waals surface area contributed by atoms with Gasteiger partial charge in [0.2, 0.25) is 10.0 Å². The van der Waals surface area contributed by atoms with Gasteiger partial charge in [-0.15, -0.1) is 0 Å². The fraction of sp³-hybridized carbons (Fsp3) is 0.0588. The van der Waals surface area contributed by atoms with Gasteiger partial charge in [0.25, 0.3) is 0 Å². The Morgan fingerprint density at radius 1 is 1.24 bits per heavy atom. The summed E-state index contributed by atoms with van der Waals surface area (Å²) in [6, 6.07) is 12.7. The van der Waals surface area contributed by atoms with E-state index in [-0.39, 0.29) is 11.4 Å². The SMILES string of the molecule is CS(=O)(=O)Nc1ccc(F)c(-n2ccnc2-c2cccc(C#N)c2)c1. The van der Waals surface area contributed by atoms with Crippen LogP contribution in [0.25, 0.3) is 17.1 Å². The van der Waals surface area contributed by atoms with Crippen molar-refractivity contribution in [2.45, 2.75) is 0 Å². The molecule has 1 N–H and O–H groups in total. The molecule has 1 aromatic heterocycles. The molecule has 0 unspecified atom stereocenters. The molecule has 2 aromatic carbocycles. The number of nitrogens with zero attached hydrogens (tertiary/aromatic N) is 3. The van der Waals surface area contributed by atoms with E-state index >= 15 is 0 Å². The van der Waals surface area contributed by atoms with Gasteiger partial charge in [-0.3, -0.25) is 9.29 Å². The molecule has 25 heavy (non-hydrogen) atoms. The lowest BCUT2D eigenvalue weighted by Gasteiger charge is -2.12. The van der Waals surface area contributed by atoms with Crippen molar-refractivity contribution in [3.8, 4) is 23.1 Å². The van der Waals surface area contributed by atoms with Gasteiger partial charge in [-0.2, -0.15) is 5.26 Å². The van der Waals surface area contributed by atoms with Crippen molar-refractivity contribution in [2.75, 3.05) is 11.0 Å². The number of halogens is 1. The van der Waals surface area contributed by atoms with Crippen LogP contribution in [0.3, 0.4) is 0 Å². The minimum absolute atomic E-state index is 0.142. The lowest BCUT2D eigenvalue weighted by Crippen LogP contribution is -2.10. The second-order valence-electron chi connectivity index (χ2n) is 5.35. The van der Waals surface area contributed by atoms with E-state index in [1.54, 1.807) is 30.5 Å². The Morgan fingerprint density at radius 2 is 2.04 bits per heavy atom. The van der Waals surface area contributed by atoms with E-state index in [1.165, 1.54) is 29.0 Å². The molecule has 8 heteroatoms. The third kappa shape index (κ3) is 3.67. The van der Waals surface area contributed by atoms with Crippen molar-refractivity contribution in [1.29, 1.82) is 5.26 Å². The largest absolute Gasteiger partial charge is 0.297 e. The number of anilines is 1. The summed E-state index contributed by atoms with van der Waals surface area (Å²) in [5.41, 5.74) is 1.48. The molecule has 0 saturated heterocycles. The Balaban J connectivity index is 2.11. The number of hydrogen-bond acceptors (Lipinski definition) is 4. The van der Waals surface area contributed by atoms with Gasteiger partial charge in [-0.25, -0.2) is 17.8 Å². The van der Waals surface area contributed by atoms with E-state index in [9.17, 15) is 12.8 Å². The maximum atomic E-state index is 14.3. The molecule has 3 aromatic rings. The van der Waals surface area contributed by atoms with E-state index in [0.717, 1.165) is 6.26 Å². The molecule has 3 rings (SSSR count). The smallest absolute Gasteiger partial charge is 0.229 e. The van der Waals surface area contributed by atoms with Crippen LogP contribution in [0.5, 0.6) is 0 Å². The molecule has 6 nitrogen and oxygen atoms in total. The molecule has 0 fully saturated rings. The summed E-state index contributed by atoms with van der Waals surface area (Å²) < 4.78 is 40.9. The van der Waals surface area contributed by atoms with E-state index in [1.807, 2.05) is 6.07 Å². The Kier molecular flexibility index (Phi) is 4.25. The fourth-order valence-electron chi connectivity index (χ4n) is 2.41. The normalized spacial score (nSPS) is 11.1. The number of nitrogens with one attached hydrogen (secondary N) is 1. The zero-order valence-electron chi connectivity index (χ0n) is 13.1. The van der Waals surface area contributed by atoms with Crippen molar-refractivity contribution in [2.24, 2.45) is 0 Å². The molecule has 0 spiro atoms. The summed E-state index contributed by atoms with van der Waals surface area (Å²) in [5, 5.41) is 9.03. The quantitative estimate of drug-likeness (QED) is 0.778. The van der Waals surface area contributed by atoms with Gasteiger partial charge in [0.15, 0.2) is 0 Å². The predicted molar refractivity (Wildman–Crippen MR) is 92.1 cm³/mol. The minimum atomic E-state index is -3.48. The standard InChI is InChI=1S/C17H13FN4O2S/c1-25(23,24)21-14-5-6-15(18)16(10-14)22-8-7-20-17(22)13-4-2-3-12(9-13)11-19/h2-10,21H,1H3. The van der Waals surface area contributed by atoms with E-state index < -0.39 is 15.8 Å². The summed E-state index contributed by atoms with van der Waals surface area (Å²) in [6.45, 7) is 0. The summed E-state index contributed by atoms with van der Waals surface area (Å²) in [6.07, 6.45) is 4.09. The van der Waals surface area contributed by atoms with Gasteiger partial charge in [0.05, 0.1) is 29.3 Å². The zero-order valence-corrected chi connectivity index (χ0v) is 14.0. The molecule has 0 aliphatic heterocycles. The Morgan fingerprint density at radius 3 is 2.76 bits per heavy atom. The van der Waals surface area contributed by atoms with Crippen LogP contribution in [0.15, 0.2) is 54.9 Å². The molecule has 0 bridgehead atoms. The molecule has 0 amide bonds. The Hall–Kier alpha value is -3.18. The van der Waals surface area contributed by atoms with Crippen molar-refractivity contribution in [3.05, 3.63) is 66.2 Å². The van der Waals surface area contributed by atoms with Crippen molar-refractivity contribution in [1.82, 2.24) is 9.55 Å². The third-order valence-electron chi connectivity index (χ3n) is 3.40. The summed E-state index contributed by atoms with van der Waals surface area (Å²) in [5.74, 6) is -0.0951. The first kappa shape index (κ1) is 16.7. The highest BCUT2D eigenvalue weighted by Crippen LogP contribution is 2.26. The van der Waals surface area contributed by atoms with Crippen LogP contribution in [0.4, 0.5) is 10.1 Å². The average molecular weight is 356 g/mol. The molecular weight excluding hydrogens is 343 g/mol. The number of hydrogen-bond donors (Lipinski definition) is 1. The lowest BCUT2D eigenvalue weighted by molar-refractivity contribution is 0.606. The molecule has 1 heterocycles. The Bertz CT molecular complexity index is 1080. The maximum absolute atomic E-state index is 14.3. The second kappa shape index (κ2) is 6.37. The number of imidazole rings is 1. The van der Waals surface area contributed by atoms with Crippen LogP contribution in [-0.2, 0) is 10.0 Å². The van der Waals surface area contributed by atoms with Crippen LogP contribution in [0.1, 0.15) is 5.56 Å².